The van der Waals surface area contributed by atoms with Crippen LogP contribution in [0.25, 0.3) is 0 Å². The fourth-order valence-corrected chi connectivity index (χ4v) is 2.41. The number of hydrogen-bond donors (Lipinski definition) is 0. The third kappa shape index (κ3) is 3.01. The number of carbonyl (C=O) groups excluding carboxylic acids is 1. The number of rotatable bonds is 4. The summed E-state index contributed by atoms with van der Waals surface area (Å²) in [5, 5.41) is 5.67. The second-order valence-corrected chi connectivity index (χ2v) is 5.13. The summed E-state index contributed by atoms with van der Waals surface area (Å²) in [5.41, 5.74) is 1.04. The van der Waals surface area contributed by atoms with Crippen molar-refractivity contribution in [1.82, 2.24) is 0 Å². The van der Waals surface area contributed by atoms with Crippen molar-refractivity contribution < 1.29 is 22.7 Å². The van der Waals surface area contributed by atoms with Gasteiger partial charge in [-0.25, -0.2) is 0 Å². The molecular weight excluding hydrogens is 285 g/mol. The zero-order valence-corrected chi connectivity index (χ0v) is 11.0. The lowest BCUT2D eigenvalue weighted by molar-refractivity contribution is -0.274. The van der Waals surface area contributed by atoms with Crippen LogP contribution < -0.4 is 9.75 Å². The molecule has 0 amide bonds. The Balaban J connectivity index is 1.93. The number of aldehydes is 1. The third-order valence-corrected chi connectivity index (χ3v) is 3.51. The average Bonchev–Trinajstić information content (AvgIpc) is 3.18. The highest BCUT2D eigenvalue weighted by molar-refractivity contribution is 5.96. The van der Waals surface area contributed by atoms with E-state index in [4.69, 9.17) is 0 Å². The number of nitrogens with zero attached hydrogens (tertiary/aromatic N) is 2. The molecule has 0 N–H and O–H groups in total. The summed E-state index contributed by atoms with van der Waals surface area (Å²) in [5.74, 6) is 0.0193. The molecule has 0 spiro atoms. The van der Waals surface area contributed by atoms with Gasteiger partial charge in [0, 0.05) is 12.1 Å². The number of halogens is 3. The summed E-state index contributed by atoms with van der Waals surface area (Å²) in [6, 6.07) is 5.15. The molecule has 1 unspecified atom stereocenters. The predicted octanol–water partition coefficient (Wildman–Crippen LogP) is 3.13. The summed E-state index contributed by atoms with van der Waals surface area (Å²) in [6.07, 6.45) is -1.55. The Bertz CT molecular complexity index is 582. The number of hydrogen-bond acceptors (Lipinski definition) is 4. The van der Waals surface area contributed by atoms with E-state index in [2.05, 4.69) is 9.84 Å². The molecule has 0 radical (unpaired) electrons. The number of benzene rings is 1. The van der Waals surface area contributed by atoms with E-state index in [-0.39, 0.29) is 11.4 Å². The van der Waals surface area contributed by atoms with E-state index in [0.29, 0.717) is 18.6 Å². The fraction of sp³-hybridized carbons (Fsp3) is 0.429. The molecular formula is C14H13F3N2O2. The lowest BCUT2D eigenvalue weighted by Crippen LogP contribution is -2.29. The van der Waals surface area contributed by atoms with Crippen LogP contribution in [0.4, 0.5) is 18.9 Å². The summed E-state index contributed by atoms with van der Waals surface area (Å²) < 4.78 is 41.4. The number of anilines is 1. The van der Waals surface area contributed by atoms with Crippen molar-refractivity contribution in [2.24, 2.45) is 11.0 Å². The molecule has 0 saturated heterocycles. The summed E-state index contributed by atoms with van der Waals surface area (Å²) in [4.78, 5) is 11.2. The predicted molar refractivity (Wildman–Crippen MR) is 70.2 cm³/mol. The number of para-hydroxylation sites is 2. The maximum absolute atomic E-state index is 12.5. The molecule has 1 heterocycles. The van der Waals surface area contributed by atoms with E-state index in [1.54, 1.807) is 6.07 Å². The van der Waals surface area contributed by atoms with Crippen LogP contribution in [0, 0.1) is 5.92 Å². The second kappa shape index (κ2) is 5.05. The van der Waals surface area contributed by atoms with Gasteiger partial charge in [-0.3, -0.25) is 5.01 Å². The zero-order chi connectivity index (χ0) is 15.0. The molecule has 1 saturated carbocycles. The summed E-state index contributed by atoms with van der Waals surface area (Å²) in [6.45, 7) is 0. The quantitative estimate of drug-likeness (QED) is 0.802. The maximum atomic E-state index is 12.5. The van der Waals surface area contributed by atoms with Crippen LogP contribution in [0.15, 0.2) is 29.4 Å². The van der Waals surface area contributed by atoms with Gasteiger partial charge in [-0.15, -0.1) is 13.2 Å². The molecule has 112 valence electrons. The molecule has 1 fully saturated rings. The Labute approximate surface area is 119 Å². The van der Waals surface area contributed by atoms with Crippen LogP contribution in [0.5, 0.6) is 5.75 Å². The van der Waals surface area contributed by atoms with Crippen LogP contribution in [0.3, 0.4) is 0 Å². The van der Waals surface area contributed by atoms with Crippen LogP contribution in [-0.4, -0.2) is 24.4 Å². The standard InChI is InChI=1S/C14H13F3N2O2/c15-14(16,17)21-13-4-2-1-3-12(13)19-10(8-20)7-11(18-19)9-5-6-9/h1-4,8-10H,5-7H2. The monoisotopic (exact) mass is 298 g/mol. The maximum Gasteiger partial charge on any atom is 0.573 e. The minimum absolute atomic E-state index is 0.155. The van der Waals surface area contributed by atoms with E-state index in [1.165, 1.54) is 23.2 Å². The Morgan fingerprint density at radius 3 is 2.62 bits per heavy atom. The van der Waals surface area contributed by atoms with Crippen molar-refractivity contribution in [2.45, 2.75) is 31.7 Å². The molecule has 1 aliphatic carbocycles. The van der Waals surface area contributed by atoms with Gasteiger partial charge in [0.15, 0.2) is 5.75 Å². The first-order chi connectivity index (χ1) is 9.98. The molecule has 1 aliphatic heterocycles. The van der Waals surface area contributed by atoms with Gasteiger partial charge in [0.1, 0.15) is 18.0 Å². The number of ether oxygens (including phenoxy) is 1. The summed E-state index contributed by atoms with van der Waals surface area (Å²) in [7, 11) is 0. The Morgan fingerprint density at radius 2 is 2.00 bits per heavy atom. The van der Waals surface area contributed by atoms with Crippen molar-refractivity contribution in [1.29, 1.82) is 0 Å². The first-order valence-corrected chi connectivity index (χ1v) is 6.64. The van der Waals surface area contributed by atoms with Crippen molar-refractivity contribution in [3.05, 3.63) is 24.3 Å². The lowest BCUT2D eigenvalue weighted by Gasteiger charge is -2.22. The molecule has 2 aliphatic rings. The average molecular weight is 298 g/mol. The molecule has 21 heavy (non-hydrogen) atoms. The van der Waals surface area contributed by atoms with Gasteiger partial charge < -0.3 is 9.53 Å². The van der Waals surface area contributed by atoms with Gasteiger partial charge >= 0.3 is 6.36 Å². The SMILES string of the molecule is O=CC1CC(C2CC2)=NN1c1ccccc1OC(F)(F)F. The molecule has 4 nitrogen and oxygen atoms in total. The van der Waals surface area contributed by atoms with Crippen LogP contribution >= 0.6 is 0 Å². The molecule has 0 aromatic heterocycles. The Morgan fingerprint density at radius 1 is 1.29 bits per heavy atom. The smallest absolute Gasteiger partial charge is 0.403 e. The molecule has 1 aromatic rings. The Kier molecular flexibility index (Phi) is 3.35. The van der Waals surface area contributed by atoms with Gasteiger partial charge in [0.2, 0.25) is 0 Å². The van der Waals surface area contributed by atoms with E-state index >= 15 is 0 Å². The number of carbonyl (C=O) groups is 1. The largest absolute Gasteiger partial charge is 0.573 e. The lowest BCUT2D eigenvalue weighted by atomic mass is 10.1. The highest BCUT2D eigenvalue weighted by Gasteiger charge is 2.38. The van der Waals surface area contributed by atoms with Gasteiger partial charge in [0.25, 0.3) is 0 Å². The number of hydrazone groups is 1. The van der Waals surface area contributed by atoms with Crippen LogP contribution in [0.1, 0.15) is 19.3 Å². The number of alkyl halides is 3. The van der Waals surface area contributed by atoms with Crippen molar-refractivity contribution in [2.75, 3.05) is 5.01 Å². The van der Waals surface area contributed by atoms with Crippen LogP contribution in [-0.2, 0) is 4.79 Å². The first kappa shape index (κ1) is 13.9. The zero-order valence-electron chi connectivity index (χ0n) is 11.0. The van der Waals surface area contributed by atoms with Crippen molar-refractivity contribution in [3.8, 4) is 5.75 Å². The van der Waals surface area contributed by atoms with E-state index in [1.807, 2.05) is 0 Å². The fourth-order valence-electron chi connectivity index (χ4n) is 2.41. The minimum atomic E-state index is -4.78. The van der Waals surface area contributed by atoms with E-state index in [9.17, 15) is 18.0 Å². The van der Waals surface area contributed by atoms with Crippen molar-refractivity contribution in [3.63, 3.8) is 0 Å². The molecule has 3 rings (SSSR count). The van der Waals surface area contributed by atoms with Gasteiger partial charge in [-0.2, -0.15) is 5.10 Å². The van der Waals surface area contributed by atoms with Crippen LogP contribution in [0.2, 0.25) is 0 Å². The Hall–Kier alpha value is -2.05. The van der Waals surface area contributed by atoms with E-state index in [0.717, 1.165) is 18.6 Å². The highest BCUT2D eigenvalue weighted by atomic mass is 19.4. The summed E-state index contributed by atoms with van der Waals surface area (Å²) >= 11 is 0. The highest BCUT2D eigenvalue weighted by Crippen LogP contribution is 2.40. The molecule has 7 heteroatoms. The van der Waals surface area contributed by atoms with E-state index < -0.39 is 12.4 Å². The van der Waals surface area contributed by atoms with Gasteiger partial charge in [-0.1, -0.05) is 12.1 Å². The molecule has 0 bridgehead atoms. The first-order valence-electron chi connectivity index (χ1n) is 6.64. The van der Waals surface area contributed by atoms with Gasteiger partial charge in [-0.05, 0) is 30.9 Å². The third-order valence-electron chi connectivity index (χ3n) is 3.51. The van der Waals surface area contributed by atoms with Gasteiger partial charge in [0.05, 0.1) is 0 Å². The molecule has 1 aromatic carbocycles. The minimum Gasteiger partial charge on any atom is -0.403 e. The molecule has 1 atom stereocenters. The van der Waals surface area contributed by atoms with Crippen molar-refractivity contribution >= 4 is 17.7 Å². The normalized spacial score (nSPS) is 22.1. The second-order valence-electron chi connectivity index (χ2n) is 5.13. The topological polar surface area (TPSA) is 41.9 Å².